The van der Waals surface area contributed by atoms with E-state index < -0.39 is 21.7 Å². The smallest absolute Gasteiger partial charge is 0.316 e. The first-order valence-corrected chi connectivity index (χ1v) is 8.43. The van der Waals surface area contributed by atoms with Crippen molar-refractivity contribution < 1.29 is 21.6 Å². The van der Waals surface area contributed by atoms with E-state index in [1.54, 1.807) is 23.9 Å². The van der Waals surface area contributed by atoms with E-state index in [1.165, 1.54) is 6.07 Å². The van der Waals surface area contributed by atoms with E-state index in [4.69, 9.17) is 0 Å². The highest BCUT2D eigenvalue weighted by atomic mass is 79.9. The fraction of sp³-hybridized carbons (Fsp3) is 0.500. The predicted octanol–water partition coefficient (Wildman–Crippen LogP) is 2.54. The van der Waals surface area contributed by atoms with Crippen LogP contribution in [0.1, 0.15) is 18.4 Å². The van der Waals surface area contributed by atoms with Crippen LogP contribution in [0.5, 0.6) is 0 Å². The highest BCUT2D eigenvalue weighted by Crippen LogP contribution is 2.49. The third-order valence-electron chi connectivity index (χ3n) is 3.29. The Morgan fingerprint density at radius 1 is 1.33 bits per heavy atom. The Labute approximate surface area is 129 Å². The second kappa shape index (κ2) is 5.53. The summed E-state index contributed by atoms with van der Waals surface area (Å²) in [6.45, 7) is 0.527. The molecule has 2 N–H and O–H groups in total. The van der Waals surface area contributed by atoms with Gasteiger partial charge in [0.1, 0.15) is 5.54 Å². The monoisotopic (exact) mass is 386 g/mol. The Bertz CT molecular complexity index is 642. The van der Waals surface area contributed by atoms with Crippen LogP contribution in [0, 0.1) is 0 Å². The second-order valence-corrected chi connectivity index (χ2v) is 7.49. The number of rotatable bonds is 5. The molecule has 0 aliphatic heterocycles. The highest BCUT2D eigenvalue weighted by Gasteiger charge is 2.65. The lowest BCUT2D eigenvalue weighted by molar-refractivity contribution is -0.160. The maximum absolute atomic E-state index is 12.9. The first-order chi connectivity index (χ1) is 9.61. The van der Waals surface area contributed by atoms with Crippen LogP contribution in [0.25, 0.3) is 0 Å². The number of hydrogen-bond acceptors (Lipinski definition) is 3. The molecule has 0 aromatic heterocycles. The summed E-state index contributed by atoms with van der Waals surface area (Å²) in [7, 11) is -2.50. The van der Waals surface area contributed by atoms with Crippen LogP contribution in [0.15, 0.2) is 27.6 Å². The van der Waals surface area contributed by atoms with Crippen LogP contribution in [0.3, 0.4) is 0 Å². The van der Waals surface area contributed by atoms with Crippen molar-refractivity contribution in [2.75, 3.05) is 7.05 Å². The van der Waals surface area contributed by atoms with Crippen molar-refractivity contribution in [1.82, 2.24) is 10.0 Å². The van der Waals surface area contributed by atoms with Gasteiger partial charge in [-0.15, -0.1) is 0 Å². The molecule has 1 aromatic carbocycles. The second-order valence-electron chi connectivity index (χ2n) is 4.98. The van der Waals surface area contributed by atoms with Gasteiger partial charge in [-0.3, -0.25) is 0 Å². The zero-order valence-corrected chi connectivity index (χ0v) is 13.5. The van der Waals surface area contributed by atoms with Gasteiger partial charge in [0.05, 0.1) is 4.90 Å². The van der Waals surface area contributed by atoms with E-state index in [1.807, 2.05) is 0 Å². The van der Waals surface area contributed by atoms with Gasteiger partial charge in [-0.1, -0.05) is 6.07 Å². The average molecular weight is 387 g/mol. The molecule has 0 unspecified atom stereocenters. The molecule has 0 amide bonds. The molecule has 0 spiro atoms. The molecule has 118 valence electrons. The summed E-state index contributed by atoms with van der Waals surface area (Å²) in [4.78, 5) is -0.196. The van der Waals surface area contributed by atoms with Gasteiger partial charge in [0.2, 0.25) is 10.0 Å². The third kappa shape index (κ3) is 3.41. The zero-order chi connectivity index (χ0) is 15.9. The number of nitrogens with one attached hydrogen (secondary N) is 2. The van der Waals surface area contributed by atoms with E-state index in [0.29, 0.717) is 6.54 Å². The molecule has 1 aliphatic carbocycles. The fourth-order valence-electron chi connectivity index (χ4n) is 1.96. The highest BCUT2D eigenvalue weighted by molar-refractivity contribution is 9.10. The number of sulfonamides is 1. The molecule has 9 heteroatoms. The maximum atomic E-state index is 12.9. The molecule has 2 rings (SSSR count). The molecular formula is C12H14BrF3N2O2S. The minimum Gasteiger partial charge on any atom is -0.316 e. The van der Waals surface area contributed by atoms with Crippen molar-refractivity contribution in [3.8, 4) is 0 Å². The molecule has 0 atom stereocenters. The van der Waals surface area contributed by atoms with Crippen LogP contribution in [-0.4, -0.2) is 27.2 Å². The SMILES string of the molecule is CNCc1ccc(S(=O)(=O)NC2(C(F)(F)F)CC2)c(Br)c1. The summed E-state index contributed by atoms with van der Waals surface area (Å²) < 4.78 is 64.9. The lowest BCUT2D eigenvalue weighted by Crippen LogP contribution is -2.47. The van der Waals surface area contributed by atoms with Crippen LogP contribution in [0.2, 0.25) is 0 Å². The van der Waals surface area contributed by atoms with Crippen LogP contribution >= 0.6 is 15.9 Å². The van der Waals surface area contributed by atoms with Crippen LogP contribution < -0.4 is 10.0 Å². The van der Waals surface area contributed by atoms with Crippen molar-refractivity contribution in [2.45, 2.75) is 36.0 Å². The fourth-order valence-corrected chi connectivity index (χ4v) is 4.53. The Kier molecular flexibility index (Phi) is 4.40. The summed E-state index contributed by atoms with van der Waals surface area (Å²) in [6, 6.07) is 4.42. The molecule has 21 heavy (non-hydrogen) atoms. The lowest BCUT2D eigenvalue weighted by atomic mass is 10.2. The quantitative estimate of drug-likeness (QED) is 0.817. The molecule has 1 saturated carbocycles. The van der Waals surface area contributed by atoms with E-state index in [2.05, 4.69) is 21.2 Å². The minimum absolute atomic E-state index is 0.196. The maximum Gasteiger partial charge on any atom is 0.407 e. The summed E-state index contributed by atoms with van der Waals surface area (Å²) >= 11 is 3.10. The van der Waals surface area contributed by atoms with Crippen molar-refractivity contribution in [2.24, 2.45) is 0 Å². The van der Waals surface area contributed by atoms with Gasteiger partial charge in [-0.2, -0.15) is 17.9 Å². The number of hydrogen-bond donors (Lipinski definition) is 2. The third-order valence-corrected chi connectivity index (χ3v) is 5.80. The normalized spacial score (nSPS) is 17.8. The van der Waals surface area contributed by atoms with Gasteiger partial charge in [0.15, 0.2) is 0 Å². The van der Waals surface area contributed by atoms with E-state index in [0.717, 1.165) is 5.56 Å². The van der Waals surface area contributed by atoms with Crippen LogP contribution in [-0.2, 0) is 16.6 Å². The molecule has 0 radical (unpaired) electrons. The summed E-state index contributed by atoms with van der Waals surface area (Å²) in [6.07, 6.45) is -5.05. The lowest BCUT2D eigenvalue weighted by Gasteiger charge is -2.21. The summed E-state index contributed by atoms with van der Waals surface area (Å²) in [5.74, 6) is 0. The van der Waals surface area contributed by atoms with E-state index in [9.17, 15) is 21.6 Å². The van der Waals surface area contributed by atoms with Gasteiger partial charge in [-0.05, 0) is 53.5 Å². The standard InChI is InChI=1S/C12H14BrF3N2O2S/c1-17-7-8-2-3-10(9(13)6-8)21(19,20)18-11(4-5-11)12(14,15)16/h2-3,6,17-18H,4-5,7H2,1H3. The average Bonchev–Trinajstić information content (AvgIpc) is 3.08. The van der Waals surface area contributed by atoms with Gasteiger partial charge >= 0.3 is 6.18 Å². The number of halogens is 4. The molecule has 0 saturated heterocycles. The summed E-state index contributed by atoms with van der Waals surface area (Å²) in [5.41, 5.74) is -1.49. The van der Waals surface area contributed by atoms with Crippen molar-refractivity contribution in [1.29, 1.82) is 0 Å². The Morgan fingerprint density at radius 3 is 2.38 bits per heavy atom. The van der Waals surface area contributed by atoms with Crippen molar-refractivity contribution >= 4 is 26.0 Å². The van der Waals surface area contributed by atoms with Gasteiger partial charge in [0, 0.05) is 11.0 Å². The molecule has 1 fully saturated rings. The Balaban J connectivity index is 2.29. The Morgan fingerprint density at radius 2 is 1.95 bits per heavy atom. The van der Waals surface area contributed by atoms with E-state index in [-0.39, 0.29) is 22.2 Å². The van der Waals surface area contributed by atoms with Crippen molar-refractivity contribution in [3.63, 3.8) is 0 Å². The molecule has 0 bridgehead atoms. The minimum atomic E-state index is -4.58. The predicted molar refractivity (Wildman–Crippen MR) is 75.2 cm³/mol. The molecule has 1 aromatic rings. The number of benzene rings is 1. The molecule has 1 aliphatic rings. The van der Waals surface area contributed by atoms with E-state index >= 15 is 0 Å². The topological polar surface area (TPSA) is 58.2 Å². The Hall–Kier alpha value is -0.640. The van der Waals surface area contributed by atoms with Crippen molar-refractivity contribution in [3.05, 3.63) is 28.2 Å². The first kappa shape index (κ1) is 16.7. The van der Waals surface area contributed by atoms with Crippen LogP contribution in [0.4, 0.5) is 13.2 Å². The molecule has 4 nitrogen and oxygen atoms in total. The largest absolute Gasteiger partial charge is 0.407 e. The molecular weight excluding hydrogens is 373 g/mol. The number of alkyl halides is 3. The zero-order valence-electron chi connectivity index (χ0n) is 11.1. The first-order valence-electron chi connectivity index (χ1n) is 6.15. The van der Waals surface area contributed by atoms with Gasteiger partial charge < -0.3 is 5.32 Å². The van der Waals surface area contributed by atoms with Gasteiger partial charge in [0.25, 0.3) is 0 Å². The summed E-state index contributed by atoms with van der Waals surface area (Å²) in [5, 5.41) is 2.90. The van der Waals surface area contributed by atoms with Gasteiger partial charge in [-0.25, -0.2) is 8.42 Å². The molecule has 0 heterocycles.